The molecule has 3 nitrogen and oxygen atoms in total. The maximum atomic E-state index is 13.4. The topological polar surface area (TPSA) is 37.4 Å². The molecule has 1 amide bonds. The summed E-state index contributed by atoms with van der Waals surface area (Å²) >= 11 is 0. The molecular weight excluding hydrogens is 461 g/mol. The number of benzene rings is 3. The number of ketones is 1. The number of likely N-dealkylation sites (tertiary alicyclic amines) is 1. The number of Topliss-reactive ketones (excluding diaryl/α,β-unsaturated/α-hetero) is 1. The van der Waals surface area contributed by atoms with Crippen molar-refractivity contribution in [3.63, 3.8) is 0 Å². The van der Waals surface area contributed by atoms with Gasteiger partial charge in [0.15, 0.2) is 5.78 Å². The van der Waals surface area contributed by atoms with Crippen molar-refractivity contribution in [1.29, 1.82) is 0 Å². The fraction of sp³-hybridized carbons (Fsp3) is 0.344. The smallest absolute Gasteiger partial charge is 0.222 e. The molecule has 1 aliphatic heterocycles. The minimum Gasteiger partial charge on any atom is -0.343 e. The Hall–Kier alpha value is -2.90. The largest absolute Gasteiger partial charge is 0.343 e. The van der Waals surface area contributed by atoms with E-state index in [0.717, 1.165) is 51.6 Å². The normalized spacial score (nSPS) is 13.8. The maximum Gasteiger partial charge on any atom is 0.222 e. The van der Waals surface area contributed by atoms with Crippen LogP contribution in [0.1, 0.15) is 57.8 Å². The Bertz CT molecular complexity index is 1050. The zero-order valence-electron chi connectivity index (χ0n) is 21.2. The highest BCUT2D eigenvalue weighted by Gasteiger charge is 2.26. The van der Waals surface area contributed by atoms with Crippen LogP contribution in [0.25, 0.3) is 0 Å². The van der Waals surface area contributed by atoms with Gasteiger partial charge in [-0.05, 0) is 60.7 Å². The first kappa shape index (κ1) is 26.2. The molecule has 4 heteroatoms. The summed E-state index contributed by atoms with van der Waals surface area (Å²) in [5.41, 5.74) is 0. The van der Waals surface area contributed by atoms with Crippen LogP contribution in [-0.2, 0) is 9.59 Å². The third-order valence-electron chi connectivity index (χ3n) is 7.10. The number of carbonyl (C=O) groups is 2. The third kappa shape index (κ3) is 6.65. The molecule has 0 unspecified atom stereocenters. The van der Waals surface area contributed by atoms with Gasteiger partial charge >= 0.3 is 0 Å². The summed E-state index contributed by atoms with van der Waals surface area (Å²) in [7, 11) is 0. The van der Waals surface area contributed by atoms with E-state index in [1.165, 1.54) is 22.3 Å². The zero-order valence-corrected chi connectivity index (χ0v) is 22.1. The second-order valence-corrected chi connectivity index (χ2v) is 12.9. The average Bonchev–Trinajstić information content (AvgIpc) is 2.95. The molecule has 0 aromatic heterocycles. The molecule has 0 bridgehead atoms. The van der Waals surface area contributed by atoms with Crippen molar-refractivity contribution in [2.24, 2.45) is 0 Å². The van der Waals surface area contributed by atoms with Gasteiger partial charge in [0.25, 0.3) is 0 Å². The highest BCUT2D eigenvalue weighted by atomic mass is 31.2. The predicted molar refractivity (Wildman–Crippen MR) is 154 cm³/mol. The van der Waals surface area contributed by atoms with Gasteiger partial charge < -0.3 is 4.90 Å². The molecule has 0 N–H and O–H groups in total. The average molecular weight is 500 g/mol. The lowest BCUT2D eigenvalue weighted by molar-refractivity contribution is -0.132. The summed E-state index contributed by atoms with van der Waals surface area (Å²) in [5, 5.41) is 3.60. The molecule has 0 spiro atoms. The van der Waals surface area contributed by atoms with Crippen molar-refractivity contribution in [3.8, 4) is 0 Å². The highest BCUT2D eigenvalue weighted by molar-refractivity contribution is 7.95. The molecule has 3 aromatic carbocycles. The number of unbranched alkanes of at least 4 members (excludes halogenated alkanes) is 3. The third-order valence-corrected chi connectivity index (χ3v) is 11.1. The molecule has 0 atom stereocenters. The van der Waals surface area contributed by atoms with Gasteiger partial charge in [0, 0.05) is 25.9 Å². The van der Waals surface area contributed by atoms with Crippen molar-refractivity contribution in [2.75, 3.05) is 13.1 Å². The van der Waals surface area contributed by atoms with E-state index >= 15 is 0 Å². The van der Waals surface area contributed by atoms with Gasteiger partial charge in [0.05, 0.1) is 0 Å². The lowest BCUT2D eigenvalue weighted by atomic mass is 10.1. The Morgan fingerprint density at radius 3 is 1.53 bits per heavy atom. The molecule has 0 saturated carbocycles. The van der Waals surface area contributed by atoms with Gasteiger partial charge in [-0.3, -0.25) is 9.59 Å². The van der Waals surface area contributed by atoms with Crippen LogP contribution < -0.4 is 15.9 Å². The predicted octanol–water partition coefficient (Wildman–Crippen LogP) is 5.70. The number of rotatable bonds is 11. The molecule has 0 aliphatic carbocycles. The Balaban J connectivity index is 1.45. The number of hydrogen-bond donors (Lipinski definition) is 0. The van der Waals surface area contributed by atoms with E-state index in [0.29, 0.717) is 18.7 Å². The van der Waals surface area contributed by atoms with E-state index in [4.69, 9.17) is 0 Å². The summed E-state index contributed by atoms with van der Waals surface area (Å²) in [6.07, 6.45) is 8.50. The second-order valence-electron chi connectivity index (χ2n) is 9.68. The lowest BCUT2D eigenvalue weighted by Gasteiger charge is -2.28. The summed E-state index contributed by atoms with van der Waals surface area (Å²) in [5.74, 6) is 2.57. The summed E-state index contributed by atoms with van der Waals surface area (Å²) in [6, 6.07) is 31.5. The van der Waals surface area contributed by atoms with Gasteiger partial charge in [-0.2, -0.15) is 0 Å². The molecule has 36 heavy (non-hydrogen) atoms. The maximum absolute atomic E-state index is 13.4. The van der Waals surface area contributed by atoms with Crippen LogP contribution >= 0.6 is 6.89 Å². The van der Waals surface area contributed by atoms with Crippen molar-refractivity contribution < 1.29 is 9.59 Å². The van der Waals surface area contributed by atoms with Gasteiger partial charge in [-0.1, -0.05) is 104 Å². The Kier molecular flexibility index (Phi) is 9.76. The number of amides is 1. The van der Waals surface area contributed by atoms with E-state index < -0.39 is 6.89 Å². The quantitative estimate of drug-likeness (QED) is 0.251. The Morgan fingerprint density at radius 2 is 1.06 bits per heavy atom. The number of hydrogen-bond acceptors (Lipinski definition) is 2. The molecule has 1 aliphatic rings. The van der Waals surface area contributed by atoms with Crippen LogP contribution in [-0.4, -0.2) is 35.5 Å². The van der Waals surface area contributed by atoms with Gasteiger partial charge in [-0.25, -0.2) is 0 Å². The van der Waals surface area contributed by atoms with Gasteiger partial charge in [-0.15, -0.1) is 0 Å². The van der Waals surface area contributed by atoms with Crippen LogP contribution in [0.4, 0.5) is 0 Å². The Labute approximate surface area is 216 Å². The van der Waals surface area contributed by atoms with E-state index in [9.17, 15) is 9.59 Å². The highest BCUT2D eigenvalue weighted by Crippen LogP contribution is 2.43. The van der Waals surface area contributed by atoms with Crippen LogP contribution in [0.3, 0.4) is 0 Å². The first-order chi connectivity index (χ1) is 17.7. The van der Waals surface area contributed by atoms with Crippen molar-refractivity contribution in [3.05, 3.63) is 91.0 Å². The summed E-state index contributed by atoms with van der Waals surface area (Å²) < 4.78 is 0. The van der Waals surface area contributed by atoms with Crippen LogP contribution in [0, 0.1) is 0 Å². The lowest BCUT2D eigenvalue weighted by Crippen LogP contribution is -2.35. The molecule has 1 fully saturated rings. The summed E-state index contributed by atoms with van der Waals surface area (Å²) in [4.78, 5) is 27.8. The monoisotopic (exact) mass is 499 g/mol. The van der Waals surface area contributed by atoms with E-state index in [2.05, 4.69) is 72.8 Å². The Morgan fingerprint density at radius 1 is 0.611 bits per heavy atom. The molecule has 188 valence electrons. The van der Waals surface area contributed by atoms with Crippen LogP contribution in [0.15, 0.2) is 91.0 Å². The molecule has 3 aromatic rings. The number of nitrogens with zero attached hydrogens (tertiary/aromatic N) is 1. The molecule has 1 saturated heterocycles. The minimum absolute atomic E-state index is 0.212. The molecular formula is C32H38NO2P. The molecule has 0 radical (unpaired) electrons. The van der Waals surface area contributed by atoms with E-state index in [1.807, 2.05) is 28.9 Å². The van der Waals surface area contributed by atoms with Crippen LogP contribution in [0.5, 0.6) is 0 Å². The fourth-order valence-electron chi connectivity index (χ4n) is 5.17. The second kappa shape index (κ2) is 13.4. The van der Waals surface area contributed by atoms with Crippen LogP contribution in [0.2, 0.25) is 0 Å². The minimum atomic E-state index is -2.22. The van der Waals surface area contributed by atoms with Gasteiger partial charge in [0.1, 0.15) is 0 Å². The SMILES string of the molecule is O=C(C=P(c1ccccc1)(c1ccccc1)c1ccccc1)CCCCCCC(=O)N1CCCCC1. The van der Waals surface area contributed by atoms with Crippen molar-refractivity contribution in [1.82, 2.24) is 4.90 Å². The standard InChI is InChI=1S/C32H38NO2P/c34-28(17-7-1-2-14-24-32(35)33-25-15-6-16-26-33)27-36(29-18-8-3-9-19-29,30-20-10-4-11-21-30)31-22-12-5-13-23-31/h3-5,8-13,18-23,27H,1-2,6-7,14-17,24-26H2. The van der Waals surface area contributed by atoms with Gasteiger partial charge in [0.2, 0.25) is 5.91 Å². The van der Waals surface area contributed by atoms with E-state index in [-0.39, 0.29) is 5.78 Å². The van der Waals surface area contributed by atoms with Crippen molar-refractivity contribution >= 4 is 40.3 Å². The number of carbonyl (C=O) groups excluding carboxylic acids is 2. The summed E-state index contributed by atoms with van der Waals surface area (Å²) in [6.45, 7) is -0.367. The first-order valence-corrected chi connectivity index (χ1v) is 15.3. The molecule has 1 heterocycles. The first-order valence-electron chi connectivity index (χ1n) is 13.4. The van der Waals surface area contributed by atoms with Crippen molar-refractivity contribution in [2.45, 2.75) is 57.8 Å². The fourth-order valence-corrected chi connectivity index (χ4v) is 9.00. The molecule has 4 rings (SSSR count). The van der Waals surface area contributed by atoms with E-state index in [1.54, 1.807) is 0 Å². The number of piperidine rings is 1. The zero-order chi connectivity index (χ0) is 25.1.